The number of methoxy groups -OCH3 is 2. The van der Waals surface area contributed by atoms with Crippen molar-refractivity contribution in [3.05, 3.63) is 83.6 Å². The number of carbonyl (C=O) groups is 3. The molecule has 30 heteroatoms. The highest BCUT2D eigenvalue weighted by molar-refractivity contribution is 7.87. The van der Waals surface area contributed by atoms with E-state index in [2.05, 4.69) is 5.32 Å². The van der Waals surface area contributed by atoms with Crippen LogP contribution in [-0.2, 0) is 104 Å². The van der Waals surface area contributed by atoms with E-state index in [9.17, 15) is 66.3 Å². The van der Waals surface area contributed by atoms with Gasteiger partial charge in [0.15, 0.2) is 5.78 Å². The normalized spacial score (nSPS) is 16.1. The molecule has 0 spiro atoms. The Hall–Kier alpha value is -5.39. The Labute approximate surface area is 501 Å². The molecule has 6 rings (SSSR count). The molecule has 1 fully saturated rings. The zero-order chi connectivity index (χ0) is 63.1. The SMILES string of the molecule is COCCNc1ccc2c(S(=O)(=O)O)cc(S(=O)(=O)O)cc2c1C(C)(C/C=C/C=C1/N(CCOCCOCCCOCC(=O)CN2C(=O)CCC2=O)c2ccc3c(S(=O)(=O)O)cc(S(=O)(=O)O)cc3c2C1(C)C)CCOCCOCCOCCOC. The van der Waals surface area contributed by atoms with Crippen LogP contribution in [0.15, 0.2) is 92.0 Å². The smallest absolute Gasteiger partial charge is 0.295 e. The number of hydrogen-bond donors (Lipinski definition) is 5. The van der Waals surface area contributed by atoms with Crippen LogP contribution >= 0.6 is 0 Å². The molecule has 4 aromatic carbocycles. The third-order valence-electron chi connectivity index (χ3n) is 14.4. The van der Waals surface area contributed by atoms with Gasteiger partial charge in [0.2, 0.25) is 11.8 Å². The van der Waals surface area contributed by atoms with Gasteiger partial charge in [-0.25, -0.2) is 0 Å². The van der Waals surface area contributed by atoms with Crippen molar-refractivity contribution in [1.29, 1.82) is 0 Å². The van der Waals surface area contributed by atoms with E-state index < -0.39 is 76.7 Å². The zero-order valence-corrected chi connectivity index (χ0v) is 51.7. The summed E-state index contributed by atoms with van der Waals surface area (Å²) in [6.07, 6.45) is 6.26. The highest BCUT2D eigenvalue weighted by atomic mass is 32.2. The van der Waals surface area contributed by atoms with Crippen molar-refractivity contribution in [2.75, 3.05) is 137 Å². The van der Waals surface area contributed by atoms with Gasteiger partial charge in [-0.15, -0.1) is 0 Å². The highest BCUT2D eigenvalue weighted by Crippen LogP contribution is 2.52. The average molecular weight is 1290 g/mol. The van der Waals surface area contributed by atoms with Crippen molar-refractivity contribution in [3.63, 3.8) is 0 Å². The number of ketones is 1. The minimum atomic E-state index is -5.10. The van der Waals surface area contributed by atoms with Crippen LogP contribution < -0.4 is 10.2 Å². The fourth-order valence-electron chi connectivity index (χ4n) is 10.3. The first-order valence-corrected chi connectivity index (χ1v) is 33.1. The first-order valence-electron chi connectivity index (χ1n) is 27.3. The molecule has 2 aliphatic heterocycles. The van der Waals surface area contributed by atoms with E-state index in [0.717, 1.165) is 17.0 Å². The number of ether oxygens (including phenoxy) is 8. The van der Waals surface area contributed by atoms with Gasteiger partial charge in [0.1, 0.15) is 16.4 Å². The molecule has 476 valence electrons. The summed E-state index contributed by atoms with van der Waals surface area (Å²) < 4.78 is 188. The van der Waals surface area contributed by atoms with E-state index in [0.29, 0.717) is 73.2 Å². The first-order chi connectivity index (χ1) is 40.5. The lowest BCUT2D eigenvalue weighted by molar-refractivity contribution is -0.142. The number of anilines is 2. The Morgan fingerprint density at radius 2 is 1.13 bits per heavy atom. The molecule has 2 amide bonds. The maximum absolute atomic E-state index is 13.0. The molecule has 0 aliphatic carbocycles. The number of amides is 2. The monoisotopic (exact) mass is 1290 g/mol. The number of allylic oxidation sites excluding steroid dienone is 4. The molecule has 0 aromatic heterocycles. The van der Waals surface area contributed by atoms with E-state index in [-0.39, 0.29) is 145 Å². The standard InChI is InChI=1S/C56H75N3O23S4/c1-55(2)50(9-6-7-16-56(3,17-22-78-28-30-81-32-31-80-26-25-76-5)53-44-33-40(83(63,64)65)35-48(85(69,70)71)42(44)10-12-46(53)57-18-23-75-4)58(47-13-11-43-45(54(47)55)34-41(84(66,67)68)36-49(43)86(72,73)74)19-24-79-29-27-77-20-8-21-82-38-39(60)37-59-51(61)14-15-52(59)62/h6-7,9-13,33-36,57H,8,14-32,37-38H2,1-5H3,(H,63,64,65)(H,66,67,68)(H,69,70,71)(H,72,73,74)/b7-6+,50-9+. The Morgan fingerprint density at radius 3 is 1.70 bits per heavy atom. The van der Waals surface area contributed by atoms with Crippen molar-refractivity contribution >= 4 is 91.0 Å². The number of likely N-dealkylation sites (tertiary alicyclic amines) is 1. The van der Waals surface area contributed by atoms with E-state index in [4.69, 9.17) is 37.9 Å². The van der Waals surface area contributed by atoms with E-state index >= 15 is 0 Å². The van der Waals surface area contributed by atoms with Crippen LogP contribution in [-0.4, -0.2) is 201 Å². The molecule has 4 aromatic rings. The van der Waals surface area contributed by atoms with Crippen molar-refractivity contribution in [2.45, 2.75) is 83.3 Å². The van der Waals surface area contributed by atoms with Crippen LogP contribution in [0.5, 0.6) is 0 Å². The zero-order valence-electron chi connectivity index (χ0n) is 48.5. The highest BCUT2D eigenvalue weighted by Gasteiger charge is 2.42. The first kappa shape index (κ1) is 69.7. The quantitative estimate of drug-likeness (QED) is 0.0219. The van der Waals surface area contributed by atoms with E-state index in [1.54, 1.807) is 31.4 Å². The lowest BCUT2D eigenvalue weighted by Crippen LogP contribution is -2.35. The summed E-state index contributed by atoms with van der Waals surface area (Å²) in [5.41, 5.74) is 0.175. The van der Waals surface area contributed by atoms with Crippen LogP contribution in [0.4, 0.5) is 11.4 Å². The lowest BCUT2D eigenvalue weighted by atomic mass is 9.74. The topological polar surface area (TPSA) is 361 Å². The van der Waals surface area contributed by atoms with Crippen LogP contribution in [0.1, 0.15) is 64.0 Å². The van der Waals surface area contributed by atoms with Gasteiger partial charge in [0, 0.05) is 98.6 Å². The van der Waals surface area contributed by atoms with Gasteiger partial charge in [-0.05, 0) is 83.6 Å². The van der Waals surface area contributed by atoms with Crippen LogP contribution in [0.3, 0.4) is 0 Å². The number of rotatable bonds is 38. The molecule has 0 bridgehead atoms. The number of hydrogen-bond acceptors (Lipinski definition) is 21. The molecule has 86 heavy (non-hydrogen) atoms. The molecule has 1 unspecified atom stereocenters. The maximum atomic E-state index is 13.0. The largest absolute Gasteiger partial charge is 0.383 e. The minimum absolute atomic E-state index is 0.0280. The van der Waals surface area contributed by atoms with E-state index in [1.807, 2.05) is 31.7 Å². The molecule has 0 saturated carbocycles. The van der Waals surface area contributed by atoms with Crippen molar-refractivity contribution in [1.82, 2.24) is 4.90 Å². The van der Waals surface area contributed by atoms with Gasteiger partial charge < -0.3 is 48.1 Å². The van der Waals surface area contributed by atoms with Gasteiger partial charge >= 0.3 is 0 Å². The number of carbonyl (C=O) groups excluding carboxylic acids is 3. The summed E-state index contributed by atoms with van der Waals surface area (Å²) >= 11 is 0. The summed E-state index contributed by atoms with van der Waals surface area (Å²) in [5, 5.41) is 3.39. The van der Waals surface area contributed by atoms with Gasteiger partial charge in [-0.3, -0.25) is 37.5 Å². The summed E-state index contributed by atoms with van der Waals surface area (Å²) in [4.78, 5) is 35.6. The third kappa shape index (κ3) is 18.4. The molecule has 26 nitrogen and oxygen atoms in total. The van der Waals surface area contributed by atoms with Crippen LogP contribution in [0, 0.1) is 0 Å². The van der Waals surface area contributed by atoms with Gasteiger partial charge in [-0.1, -0.05) is 45.1 Å². The van der Waals surface area contributed by atoms with Gasteiger partial charge in [0.25, 0.3) is 40.5 Å². The summed E-state index contributed by atoms with van der Waals surface area (Å²) in [5.74, 6) is -1.19. The summed E-state index contributed by atoms with van der Waals surface area (Å²) in [7, 11) is -17.2. The molecule has 5 N–H and O–H groups in total. The second kappa shape index (κ2) is 30.7. The number of imide groups is 1. The third-order valence-corrected chi connectivity index (χ3v) is 17.9. The molecule has 1 saturated heterocycles. The number of fused-ring (bicyclic) bond motifs is 4. The van der Waals surface area contributed by atoms with Crippen LogP contribution in [0.25, 0.3) is 21.5 Å². The Kier molecular flexibility index (Phi) is 24.9. The van der Waals surface area contributed by atoms with Crippen molar-refractivity contribution < 1.29 is 104 Å². The second-order valence-electron chi connectivity index (χ2n) is 20.9. The van der Waals surface area contributed by atoms with Crippen molar-refractivity contribution in [3.8, 4) is 0 Å². The predicted molar refractivity (Wildman–Crippen MR) is 314 cm³/mol. The van der Waals surface area contributed by atoms with Crippen LogP contribution in [0.2, 0.25) is 0 Å². The molecular formula is C56H75N3O23S4. The fourth-order valence-corrected chi connectivity index (χ4v) is 13.0. The summed E-state index contributed by atoms with van der Waals surface area (Å²) in [6, 6.07) is 9.65. The Bertz CT molecular complexity index is 3600. The number of nitrogens with one attached hydrogen (secondary N) is 1. The predicted octanol–water partition coefficient (Wildman–Crippen LogP) is 5.17. The van der Waals surface area contributed by atoms with Gasteiger partial charge in [0.05, 0.1) is 82.4 Å². The lowest BCUT2D eigenvalue weighted by Gasteiger charge is -2.33. The van der Waals surface area contributed by atoms with Crippen molar-refractivity contribution in [2.24, 2.45) is 0 Å². The number of Topliss-reactive ketones (excluding diaryl/α,β-unsaturated/α-hetero) is 1. The number of nitrogens with zero attached hydrogens (tertiary/aromatic N) is 2. The molecule has 2 heterocycles. The maximum Gasteiger partial charge on any atom is 0.295 e. The molecular weight excluding hydrogens is 1210 g/mol. The molecule has 1 atom stereocenters. The average Bonchev–Trinajstić information content (AvgIpc) is 1.45. The minimum Gasteiger partial charge on any atom is -0.383 e. The number of benzene rings is 4. The Balaban J connectivity index is 1.32. The van der Waals surface area contributed by atoms with E-state index in [1.165, 1.54) is 19.2 Å². The fraction of sp³-hybridized carbons (Fsp3) is 0.518. The summed E-state index contributed by atoms with van der Waals surface area (Å²) in [6.45, 7) is 8.26. The Morgan fingerprint density at radius 1 is 0.616 bits per heavy atom. The molecule has 0 radical (unpaired) electrons. The second-order valence-corrected chi connectivity index (χ2v) is 26.6. The van der Waals surface area contributed by atoms with Gasteiger partial charge in [-0.2, -0.15) is 33.7 Å². The molecule has 2 aliphatic rings.